The third-order valence-electron chi connectivity index (χ3n) is 2.27. The maximum Gasteiger partial charge on any atom is 0.230 e. The fraction of sp³-hybridized carbons (Fsp3) is 0.250. The molecular formula is C12H12ClN3OS3. The van der Waals surface area contributed by atoms with E-state index < -0.39 is 0 Å². The highest BCUT2D eigenvalue weighted by Gasteiger charge is 2.07. The van der Waals surface area contributed by atoms with E-state index >= 15 is 0 Å². The molecule has 1 aromatic heterocycles. The molecule has 20 heavy (non-hydrogen) atoms. The van der Waals surface area contributed by atoms with E-state index in [-0.39, 0.29) is 5.91 Å². The summed E-state index contributed by atoms with van der Waals surface area (Å²) in [6.07, 6.45) is 1.95. The van der Waals surface area contributed by atoms with Crippen LogP contribution in [-0.4, -0.2) is 28.1 Å². The summed E-state index contributed by atoms with van der Waals surface area (Å²) in [4.78, 5) is 11.7. The zero-order valence-electron chi connectivity index (χ0n) is 10.6. The molecule has 0 bridgehead atoms. The SMILES string of the molecule is CSc1nnc(SCC(=O)NCc2cccc(Cl)c2)s1. The van der Waals surface area contributed by atoms with Crippen LogP contribution < -0.4 is 5.32 Å². The van der Waals surface area contributed by atoms with Gasteiger partial charge in [-0.05, 0) is 24.0 Å². The fourth-order valence-corrected chi connectivity index (χ4v) is 3.84. The summed E-state index contributed by atoms with van der Waals surface area (Å²) in [5.41, 5.74) is 0.983. The highest BCUT2D eigenvalue weighted by Crippen LogP contribution is 2.26. The monoisotopic (exact) mass is 345 g/mol. The van der Waals surface area contributed by atoms with Crippen LogP contribution in [0.2, 0.25) is 5.02 Å². The first kappa shape index (κ1) is 15.6. The third-order valence-corrected chi connectivity index (χ3v) is 5.54. The molecule has 1 amide bonds. The first-order valence-electron chi connectivity index (χ1n) is 5.69. The van der Waals surface area contributed by atoms with Gasteiger partial charge in [0.05, 0.1) is 5.75 Å². The third kappa shape index (κ3) is 4.97. The number of thioether (sulfide) groups is 2. The molecule has 0 saturated carbocycles. The zero-order valence-corrected chi connectivity index (χ0v) is 13.8. The number of amides is 1. The maximum atomic E-state index is 11.7. The molecule has 1 aromatic carbocycles. The Hall–Kier alpha value is -0.760. The number of rotatable bonds is 6. The summed E-state index contributed by atoms with van der Waals surface area (Å²) in [5, 5.41) is 11.5. The average Bonchev–Trinajstić information content (AvgIpc) is 2.91. The summed E-state index contributed by atoms with van der Waals surface area (Å²) >= 11 is 10.3. The van der Waals surface area contributed by atoms with Crippen molar-refractivity contribution in [3.8, 4) is 0 Å². The zero-order chi connectivity index (χ0) is 14.4. The van der Waals surface area contributed by atoms with Gasteiger partial charge in [0.2, 0.25) is 5.91 Å². The molecule has 1 heterocycles. The predicted octanol–water partition coefficient (Wildman–Crippen LogP) is 3.32. The average molecular weight is 346 g/mol. The van der Waals surface area contributed by atoms with Gasteiger partial charge in [-0.1, -0.05) is 58.6 Å². The van der Waals surface area contributed by atoms with Crippen molar-refractivity contribution in [2.24, 2.45) is 0 Å². The van der Waals surface area contributed by atoms with Crippen molar-refractivity contribution in [2.75, 3.05) is 12.0 Å². The van der Waals surface area contributed by atoms with Crippen LogP contribution in [0, 0.1) is 0 Å². The molecule has 0 aliphatic rings. The minimum Gasteiger partial charge on any atom is -0.351 e. The van der Waals surface area contributed by atoms with Gasteiger partial charge in [0.25, 0.3) is 0 Å². The second kappa shape index (κ2) is 7.87. The van der Waals surface area contributed by atoms with E-state index in [1.807, 2.05) is 30.5 Å². The Morgan fingerprint density at radius 2 is 2.20 bits per heavy atom. The van der Waals surface area contributed by atoms with Gasteiger partial charge in [-0.15, -0.1) is 10.2 Å². The Balaban J connectivity index is 1.75. The highest BCUT2D eigenvalue weighted by atomic mass is 35.5. The molecule has 106 valence electrons. The lowest BCUT2D eigenvalue weighted by molar-refractivity contribution is -0.118. The lowest BCUT2D eigenvalue weighted by Gasteiger charge is -2.04. The molecule has 0 aliphatic heterocycles. The fourth-order valence-electron chi connectivity index (χ4n) is 1.36. The van der Waals surface area contributed by atoms with Crippen LogP contribution in [0.15, 0.2) is 32.9 Å². The summed E-state index contributed by atoms with van der Waals surface area (Å²) < 4.78 is 1.72. The van der Waals surface area contributed by atoms with Crippen molar-refractivity contribution in [3.05, 3.63) is 34.9 Å². The van der Waals surface area contributed by atoms with E-state index in [0.29, 0.717) is 17.3 Å². The molecule has 0 atom stereocenters. The van der Waals surface area contributed by atoms with Crippen LogP contribution in [0.5, 0.6) is 0 Å². The van der Waals surface area contributed by atoms with Gasteiger partial charge in [0.15, 0.2) is 8.68 Å². The Labute approximate surface area is 134 Å². The van der Waals surface area contributed by atoms with Crippen LogP contribution in [0.25, 0.3) is 0 Å². The number of nitrogens with zero attached hydrogens (tertiary/aromatic N) is 2. The smallest absolute Gasteiger partial charge is 0.230 e. The molecular weight excluding hydrogens is 334 g/mol. The number of hydrogen-bond donors (Lipinski definition) is 1. The Morgan fingerprint density at radius 1 is 1.40 bits per heavy atom. The lowest BCUT2D eigenvalue weighted by Crippen LogP contribution is -2.24. The second-order valence-corrected chi connectivity index (χ2v) is 7.42. The number of carbonyl (C=O) groups is 1. The van der Waals surface area contributed by atoms with Crippen LogP contribution in [0.4, 0.5) is 0 Å². The van der Waals surface area contributed by atoms with E-state index in [4.69, 9.17) is 11.6 Å². The molecule has 0 spiro atoms. The van der Waals surface area contributed by atoms with Crippen LogP contribution in [0.1, 0.15) is 5.56 Å². The minimum absolute atomic E-state index is 0.0316. The Kier molecular flexibility index (Phi) is 6.15. The van der Waals surface area contributed by atoms with Crippen molar-refractivity contribution in [1.82, 2.24) is 15.5 Å². The predicted molar refractivity (Wildman–Crippen MR) is 85.7 cm³/mol. The van der Waals surface area contributed by atoms with Crippen molar-refractivity contribution in [2.45, 2.75) is 15.2 Å². The van der Waals surface area contributed by atoms with E-state index in [9.17, 15) is 4.79 Å². The van der Waals surface area contributed by atoms with Gasteiger partial charge in [0, 0.05) is 11.6 Å². The van der Waals surface area contributed by atoms with Crippen LogP contribution >= 0.6 is 46.5 Å². The van der Waals surface area contributed by atoms with Crippen molar-refractivity contribution >= 4 is 52.4 Å². The summed E-state index contributed by atoms with van der Waals surface area (Å²) in [6.45, 7) is 0.478. The maximum absolute atomic E-state index is 11.7. The number of benzene rings is 1. The van der Waals surface area contributed by atoms with E-state index in [1.165, 1.54) is 23.1 Å². The second-order valence-electron chi connectivity index (χ2n) is 3.73. The van der Waals surface area contributed by atoms with E-state index in [0.717, 1.165) is 14.2 Å². The molecule has 0 radical (unpaired) electrons. The van der Waals surface area contributed by atoms with E-state index in [2.05, 4.69) is 15.5 Å². The molecule has 2 aromatic rings. The van der Waals surface area contributed by atoms with Crippen LogP contribution in [-0.2, 0) is 11.3 Å². The number of aromatic nitrogens is 2. The molecule has 0 unspecified atom stereocenters. The first-order chi connectivity index (χ1) is 9.67. The topological polar surface area (TPSA) is 54.9 Å². The minimum atomic E-state index is -0.0316. The molecule has 0 fully saturated rings. The van der Waals surface area contributed by atoms with Gasteiger partial charge in [-0.2, -0.15) is 0 Å². The standard InChI is InChI=1S/C12H12ClN3OS3/c1-18-11-15-16-12(20-11)19-7-10(17)14-6-8-3-2-4-9(13)5-8/h2-5H,6-7H2,1H3,(H,14,17). The summed E-state index contributed by atoms with van der Waals surface area (Å²) in [6, 6.07) is 7.44. The van der Waals surface area contributed by atoms with Gasteiger partial charge >= 0.3 is 0 Å². The van der Waals surface area contributed by atoms with Crippen molar-refractivity contribution in [3.63, 3.8) is 0 Å². The van der Waals surface area contributed by atoms with Gasteiger partial charge in [-0.25, -0.2) is 0 Å². The van der Waals surface area contributed by atoms with Crippen LogP contribution in [0.3, 0.4) is 0 Å². The van der Waals surface area contributed by atoms with Crippen molar-refractivity contribution < 1.29 is 4.79 Å². The quantitative estimate of drug-likeness (QED) is 0.814. The summed E-state index contributed by atoms with van der Waals surface area (Å²) in [7, 11) is 0. The molecule has 0 saturated heterocycles. The lowest BCUT2D eigenvalue weighted by atomic mass is 10.2. The molecule has 2 rings (SSSR count). The normalized spacial score (nSPS) is 10.5. The molecule has 8 heteroatoms. The van der Waals surface area contributed by atoms with Gasteiger partial charge in [0.1, 0.15) is 0 Å². The van der Waals surface area contributed by atoms with Crippen molar-refractivity contribution in [1.29, 1.82) is 0 Å². The van der Waals surface area contributed by atoms with Gasteiger partial charge in [-0.3, -0.25) is 4.79 Å². The number of carbonyl (C=O) groups excluding carboxylic acids is 1. The largest absolute Gasteiger partial charge is 0.351 e. The molecule has 1 N–H and O–H groups in total. The van der Waals surface area contributed by atoms with E-state index in [1.54, 1.807) is 11.8 Å². The Morgan fingerprint density at radius 3 is 2.90 bits per heavy atom. The first-order valence-corrected chi connectivity index (χ1v) is 9.09. The van der Waals surface area contributed by atoms with Gasteiger partial charge < -0.3 is 5.32 Å². The number of nitrogens with one attached hydrogen (secondary N) is 1. The summed E-state index contributed by atoms with van der Waals surface area (Å²) in [5.74, 6) is 0.305. The number of hydrogen-bond acceptors (Lipinski definition) is 6. The molecule has 4 nitrogen and oxygen atoms in total. The number of halogens is 1. The molecule has 0 aliphatic carbocycles. The highest BCUT2D eigenvalue weighted by molar-refractivity contribution is 8.03. The Bertz CT molecular complexity index is 591.